The first-order valence-electron chi connectivity index (χ1n) is 3.74. The number of carbonyl (C=O) groups is 1. The molecular weight excluding hydrogens is 192 g/mol. The molecule has 1 amide bonds. The first kappa shape index (κ1) is 9.80. The third-order valence-corrected chi connectivity index (χ3v) is 1.40. The highest BCUT2D eigenvalue weighted by atomic mass is 35.5. The van der Waals surface area contributed by atoms with Gasteiger partial charge in [0.1, 0.15) is 0 Å². The number of ether oxygens (including phenoxy) is 1. The summed E-state index contributed by atoms with van der Waals surface area (Å²) in [5.41, 5.74) is 0. The van der Waals surface area contributed by atoms with Gasteiger partial charge in [0.25, 0.3) is 0 Å². The van der Waals surface area contributed by atoms with Crippen LogP contribution < -0.4 is 10.1 Å². The molecule has 0 aromatic carbocycles. The summed E-state index contributed by atoms with van der Waals surface area (Å²) in [6.07, 6.45) is 2.54. The number of alkyl halides is 1. The quantitative estimate of drug-likeness (QED) is 0.751. The zero-order valence-electron chi connectivity index (χ0n) is 6.87. The number of nitrogens with one attached hydrogen (secondary N) is 1. The number of rotatable bonds is 3. The lowest BCUT2D eigenvalue weighted by atomic mass is 10.5. The van der Waals surface area contributed by atoms with Gasteiger partial charge in [0.2, 0.25) is 0 Å². The van der Waals surface area contributed by atoms with Crippen LogP contribution in [0.5, 0.6) is 5.75 Å². The molecule has 0 aliphatic heterocycles. The van der Waals surface area contributed by atoms with E-state index in [1.54, 1.807) is 18.3 Å². The molecule has 0 atom stereocenters. The number of carbonyl (C=O) groups excluding carboxylic acids is 1. The molecule has 0 saturated carbocycles. The Kier molecular flexibility index (Phi) is 4.05. The Bertz CT molecular complexity index is 266. The highest BCUT2D eigenvalue weighted by molar-refractivity contribution is 6.18. The van der Waals surface area contributed by atoms with Crippen molar-refractivity contribution < 1.29 is 9.53 Å². The molecule has 0 saturated heterocycles. The van der Waals surface area contributed by atoms with Crippen molar-refractivity contribution in [1.82, 2.24) is 10.3 Å². The van der Waals surface area contributed by atoms with Crippen LogP contribution in [0.4, 0.5) is 4.79 Å². The van der Waals surface area contributed by atoms with Gasteiger partial charge in [-0.2, -0.15) is 0 Å². The van der Waals surface area contributed by atoms with E-state index in [-0.39, 0.29) is 0 Å². The molecule has 1 N–H and O–H groups in total. The molecule has 0 fully saturated rings. The summed E-state index contributed by atoms with van der Waals surface area (Å²) in [6, 6.07) is 3.33. The average molecular weight is 201 g/mol. The number of pyridine rings is 1. The molecule has 0 spiro atoms. The lowest BCUT2D eigenvalue weighted by Gasteiger charge is -2.03. The highest BCUT2D eigenvalue weighted by Crippen LogP contribution is 2.05. The van der Waals surface area contributed by atoms with E-state index in [9.17, 15) is 4.79 Å². The second-order valence-electron chi connectivity index (χ2n) is 2.19. The summed E-state index contributed by atoms with van der Waals surface area (Å²) in [6.45, 7) is 0.390. The molecule has 5 heteroatoms. The summed E-state index contributed by atoms with van der Waals surface area (Å²) < 4.78 is 4.85. The van der Waals surface area contributed by atoms with Gasteiger partial charge in [-0.25, -0.2) is 4.79 Å². The second kappa shape index (κ2) is 5.37. The monoisotopic (exact) mass is 200 g/mol. The zero-order chi connectivity index (χ0) is 9.52. The summed E-state index contributed by atoms with van der Waals surface area (Å²) in [5.74, 6) is 0.775. The molecule has 1 aromatic rings. The Balaban J connectivity index is 2.37. The normalized spacial score (nSPS) is 9.31. The minimum Gasteiger partial charge on any atom is -0.409 e. The molecule has 1 rings (SSSR count). The minimum absolute atomic E-state index is 0.363. The number of amides is 1. The van der Waals surface area contributed by atoms with Crippen LogP contribution in [0.25, 0.3) is 0 Å². The Labute approximate surface area is 80.9 Å². The number of halogens is 1. The van der Waals surface area contributed by atoms with Crippen molar-refractivity contribution in [2.24, 2.45) is 0 Å². The molecule has 1 aromatic heterocycles. The van der Waals surface area contributed by atoms with Crippen molar-refractivity contribution in [3.05, 3.63) is 24.5 Å². The van der Waals surface area contributed by atoms with Crippen molar-refractivity contribution in [2.45, 2.75) is 0 Å². The second-order valence-corrected chi connectivity index (χ2v) is 2.57. The first-order valence-corrected chi connectivity index (χ1v) is 4.28. The van der Waals surface area contributed by atoms with Crippen molar-refractivity contribution in [1.29, 1.82) is 0 Å². The van der Waals surface area contributed by atoms with Crippen LogP contribution in [-0.2, 0) is 0 Å². The maximum Gasteiger partial charge on any atom is 0.412 e. The van der Waals surface area contributed by atoms with E-state index in [1.807, 2.05) is 0 Å². The number of nitrogens with zero attached hydrogens (tertiary/aromatic N) is 1. The van der Waals surface area contributed by atoms with Crippen LogP contribution >= 0.6 is 11.6 Å². The fourth-order valence-electron chi connectivity index (χ4n) is 0.700. The molecule has 0 unspecified atom stereocenters. The predicted molar refractivity (Wildman–Crippen MR) is 49.0 cm³/mol. The molecule has 4 nitrogen and oxygen atoms in total. The largest absolute Gasteiger partial charge is 0.412 e. The fraction of sp³-hybridized carbons (Fsp3) is 0.250. The summed E-state index contributed by atoms with van der Waals surface area (Å²) >= 11 is 5.37. The molecule has 13 heavy (non-hydrogen) atoms. The topological polar surface area (TPSA) is 51.2 Å². The van der Waals surface area contributed by atoms with Gasteiger partial charge in [-0.15, -0.1) is 11.6 Å². The Hall–Kier alpha value is -1.29. The SMILES string of the molecule is O=C(NCCCl)Oc1cccnc1. The molecular formula is C8H9ClN2O2. The lowest BCUT2D eigenvalue weighted by Crippen LogP contribution is -2.28. The van der Waals surface area contributed by atoms with E-state index in [4.69, 9.17) is 16.3 Å². The standard InChI is InChI=1S/C8H9ClN2O2/c9-3-5-11-8(12)13-7-2-1-4-10-6-7/h1-2,4,6H,3,5H2,(H,11,12). The van der Waals surface area contributed by atoms with Gasteiger partial charge in [0, 0.05) is 18.6 Å². The van der Waals surface area contributed by atoms with Gasteiger partial charge >= 0.3 is 6.09 Å². The van der Waals surface area contributed by atoms with Gasteiger partial charge in [-0.3, -0.25) is 4.98 Å². The van der Waals surface area contributed by atoms with E-state index in [0.29, 0.717) is 18.2 Å². The van der Waals surface area contributed by atoms with Crippen molar-refractivity contribution in [3.63, 3.8) is 0 Å². The Morgan fingerprint density at radius 3 is 3.15 bits per heavy atom. The highest BCUT2D eigenvalue weighted by Gasteiger charge is 2.01. The predicted octanol–water partition coefficient (Wildman–Crippen LogP) is 1.41. The average Bonchev–Trinajstić information content (AvgIpc) is 2.16. The van der Waals surface area contributed by atoms with Gasteiger partial charge < -0.3 is 10.1 Å². The smallest absolute Gasteiger partial charge is 0.409 e. The number of aromatic nitrogens is 1. The molecule has 0 bridgehead atoms. The van der Waals surface area contributed by atoms with Crippen molar-refractivity contribution >= 4 is 17.7 Å². The van der Waals surface area contributed by atoms with E-state index in [1.165, 1.54) is 6.20 Å². The van der Waals surface area contributed by atoms with Crippen LogP contribution in [0.1, 0.15) is 0 Å². The van der Waals surface area contributed by atoms with Gasteiger partial charge in [-0.05, 0) is 12.1 Å². The third kappa shape index (κ3) is 3.75. The van der Waals surface area contributed by atoms with E-state index in [0.717, 1.165) is 0 Å². The molecule has 0 aliphatic carbocycles. The number of hydrogen-bond donors (Lipinski definition) is 1. The van der Waals surface area contributed by atoms with Gasteiger partial charge in [-0.1, -0.05) is 0 Å². The van der Waals surface area contributed by atoms with Crippen molar-refractivity contribution in [3.8, 4) is 5.75 Å². The molecule has 0 radical (unpaired) electrons. The van der Waals surface area contributed by atoms with Crippen LogP contribution in [0.15, 0.2) is 24.5 Å². The van der Waals surface area contributed by atoms with Gasteiger partial charge in [0.15, 0.2) is 5.75 Å². The minimum atomic E-state index is -0.520. The van der Waals surface area contributed by atoms with Gasteiger partial charge in [0.05, 0.1) is 6.20 Å². The fourth-order valence-corrected chi connectivity index (χ4v) is 0.794. The number of hydrogen-bond acceptors (Lipinski definition) is 3. The van der Waals surface area contributed by atoms with E-state index in [2.05, 4.69) is 10.3 Å². The van der Waals surface area contributed by atoms with Crippen molar-refractivity contribution in [2.75, 3.05) is 12.4 Å². The molecule has 1 heterocycles. The zero-order valence-corrected chi connectivity index (χ0v) is 7.62. The maximum atomic E-state index is 11.0. The third-order valence-electron chi connectivity index (χ3n) is 1.21. The Morgan fingerprint density at radius 1 is 1.69 bits per heavy atom. The van der Waals surface area contributed by atoms with E-state index < -0.39 is 6.09 Å². The summed E-state index contributed by atoms with van der Waals surface area (Å²) in [4.78, 5) is 14.7. The molecule has 0 aliphatic rings. The maximum absolute atomic E-state index is 11.0. The summed E-state index contributed by atoms with van der Waals surface area (Å²) in [7, 11) is 0. The van der Waals surface area contributed by atoms with Crippen LogP contribution in [0, 0.1) is 0 Å². The van der Waals surface area contributed by atoms with Crippen LogP contribution in [-0.4, -0.2) is 23.5 Å². The van der Waals surface area contributed by atoms with Crippen LogP contribution in [0.3, 0.4) is 0 Å². The lowest BCUT2D eigenvalue weighted by molar-refractivity contribution is 0.201. The first-order chi connectivity index (χ1) is 6.33. The summed E-state index contributed by atoms with van der Waals surface area (Å²) in [5, 5.41) is 2.46. The molecule has 70 valence electrons. The Morgan fingerprint density at radius 2 is 2.54 bits per heavy atom. The van der Waals surface area contributed by atoms with E-state index >= 15 is 0 Å². The van der Waals surface area contributed by atoms with Crippen LogP contribution in [0.2, 0.25) is 0 Å².